The van der Waals surface area contributed by atoms with E-state index in [1.807, 2.05) is 45.9 Å². The van der Waals surface area contributed by atoms with Crippen molar-refractivity contribution in [1.82, 2.24) is 4.72 Å². The number of sulfonamides is 1. The molecule has 0 spiro atoms. The van der Waals surface area contributed by atoms with E-state index in [-0.39, 0.29) is 16.7 Å². The molecule has 0 fully saturated rings. The summed E-state index contributed by atoms with van der Waals surface area (Å²) >= 11 is 0. The SMILES string of the molecule is CC(C)c1cccc(C(C)C)c1NC(=O)NS(=O)(=O)c1cccc(C(C)O)c1. The van der Waals surface area contributed by atoms with Gasteiger partial charge in [-0.25, -0.2) is 17.9 Å². The Bertz CT molecular complexity index is 924. The number of nitrogens with one attached hydrogen (secondary N) is 2. The molecule has 0 saturated carbocycles. The predicted molar refractivity (Wildman–Crippen MR) is 111 cm³/mol. The minimum atomic E-state index is -4.07. The van der Waals surface area contributed by atoms with Gasteiger partial charge in [-0.2, -0.15) is 0 Å². The van der Waals surface area contributed by atoms with Crippen molar-refractivity contribution in [2.75, 3.05) is 5.32 Å². The summed E-state index contributed by atoms with van der Waals surface area (Å²) in [6.45, 7) is 9.60. The van der Waals surface area contributed by atoms with Crippen LogP contribution in [0.4, 0.5) is 10.5 Å². The number of para-hydroxylation sites is 1. The molecule has 0 aromatic heterocycles. The Kier molecular flexibility index (Phi) is 6.85. The summed E-state index contributed by atoms with van der Waals surface area (Å²) in [4.78, 5) is 12.4. The van der Waals surface area contributed by atoms with Crippen LogP contribution in [-0.4, -0.2) is 19.6 Å². The van der Waals surface area contributed by atoms with Crippen LogP contribution in [0.15, 0.2) is 47.4 Å². The molecule has 2 amide bonds. The van der Waals surface area contributed by atoms with E-state index >= 15 is 0 Å². The van der Waals surface area contributed by atoms with Gasteiger partial charge in [-0.3, -0.25) is 0 Å². The van der Waals surface area contributed by atoms with E-state index in [1.165, 1.54) is 18.2 Å². The Morgan fingerprint density at radius 1 is 0.929 bits per heavy atom. The van der Waals surface area contributed by atoms with Crippen LogP contribution >= 0.6 is 0 Å². The summed E-state index contributed by atoms with van der Waals surface area (Å²) in [5.74, 6) is 0.321. The molecule has 152 valence electrons. The Labute approximate surface area is 167 Å². The Morgan fingerprint density at radius 2 is 1.46 bits per heavy atom. The van der Waals surface area contributed by atoms with Crippen LogP contribution in [0.25, 0.3) is 0 Å². The number of hydrogen-bond acceptors (Lipinski definition) is 4. The van der Waals surface area contributed by atoms with Gasteiger partial charge < -0.3 is 10.4 Å². The summed E-state index contributed by atoms with van der Waals surface area (Å²) in [5, 5.41) is 12.4. The molecular formula is C21H28N2O4S. The molecule has 1 atom stereocenters. The minimum Gasteiger partial charge on any atom is -0.389 e. The highest BCUT2D eigenvalue weighted by Gasteiger charge is 2.21. The molecule has 0 bridgehead atoms. The van der Waals surface area contributed by atoms with Gasteiger partial charge in [-0.15, -0.1) is 0 Å². The van der Waals surface area contributed by atoms with Crippen molar-refractivity contribution in [3.05, 3.63) is 59.2 Å². The molecule has 0 aliphatic rings. The van der Waals surface area contributed by atoms with Crippen LogP contribution < -0.4 is 10.0 Å². The highest BCUT2D eigenvalue weighted by molar-refractivity contribution is 7.90. The van der Waals surface area contributed by atoms with E-state index in [0.29, 0.717) is 11.3 Å². The first-order valence-corrected chi connectivity index (χ1v) is 10.8. The van der Waals surface area contributed by atoms with Crippen molar-refractivity contribution in [1.29, 1.82) is 0 Å². The lowest BCUT2D eigenvalue weighted by atomic mass is 9.93. The van der Waals surface area contributed by atoms with Crippen LogP contribution in [0.5, 0.6) is 0 Å². The molecule has 3 N–H and O–H groups in total. The Hall–Kier alpha value is -2.38. The molecule has 2 aromatic rings. The molecule has 0 saturated heterocycles. The van der Waals surface area contributed by atoms with Crippen molar-refractivity contribution in [3.8, 4) is 0 Å². The van der Waals surface area contributed by atoms with Crippen LogP contribution in [0.2, 0.25) is 0 Å². The molecule has 7 heteroatoms. The van der Waals surface area contributed by atoms with Crippen LogP contribution in [0, 0.1) is 0 Å². The molecule has 0 aliphatic carbocycles. The van der Waals surface area contributed by atoms with E-state index in [1.54, 1.807) is 13.0 Å². The van der Waals surface area contributed by atoms with E-state index in [9.17, 15) is 18.3 Å². The lowest BCUT2D eigenvalue weighted by Crippen LogP contribution is -2.35. The highest BCUT2D eigenvalue weighted by Crippen LogP contribution is 2.32. The topological polar surface area (TPSA) is 95.5 Å². The fourth-order valence-electron chi connectivity index (χ4n) is 2.96. The summed E-state index contributed by atoms with van der Waals surface area (Å²) in [6.07, 6.45) is -0.810. The van der Waals surface area contributed by atoms with Crippen molar-refractivity contribution < 1.29 is 18.3 Å². The second kappa shape index (κ2) is 8.75. The van der Waals surface area contributed by atoms with Gasteiger partial charge in [0, 0.05) is 5.69 Å². The first-order valence-electron chi connectivity index (χ1n) is 9.27. The number of rotatable bonds is 6. The van der Waals surface area contributed by atoms with E-state index < -0.39 is 22.2 Å². The number of carbonyl (C=O) groups excluding carboxylic acids is 1. The van der Waals surface area contributed by atoms with Crippen molar-refractivity contribution >= 4 is 21.7 Å². The van der Waals surface area contributed by atoms with Crippen LogP contribution in [-0.2, 0) is 10.0 Å². The maximum Gasteiger partial charge on any atom is 0.333 e. The van der Waals surface area contributed by atoms with Gasteiger partial charge in [0.2, 0.25) is 0 Å². The number of amides is 2. The van der Waals surface area contributed by atoms with Gasteiger partial charge in [-0.05, 0) is 47.6 Å². The van der Waals surface area contributed by atoms with Gasteiger partial charge in [0.15, 0.2) is 0 Å². The third kappa shape index (κ3) is 5.11. The van der Waals surface area contributed by atoms with Crippen molar-refractivity contribution in [2.24, 2.45) is 0 Å². The third-order valence-corrected chi connectivity index (χ3v) is 5.82. The lowest BCUT2D eigenvalue weighted by Gasteiger charge is -2.20. The van der Waals surface area contributed by atoms with Gasteiger partial charge in [0.1, 0.15) is 0 Å². The zero-order chi connectivity index (χ0) is 21.1. The maximum absolute atomic E-state index is 12.6. The molecule has 28 heavy (non-hydrogen) atoms. The fraction of sp³-hybridized carbons (Fsp3) is 0.381. The standard InChI is InChI=1S/C21H28N2O4S/c1-13(2)18-10-7-11-19(14(3)4)20(18)22-21(25)23-28(26,27)17-9-6-8-16(12-17)15(5)24/h6-15,24H,1-5H3,(H2,22,23,25). The lowest BCUT2D eigenvalue weighted by molar-refractivity contribution is 0.199. The number of aliphatic hydroxyl groups excluding tert-OH is 1. The second-order valence-electron chi connectivity index (χ2n) is 7.43. The number of aliphatic hydroxyl groups is 1. The number of benzene rings is 2. The van der Waals surface area contributed by atoms with Gasteiger partial charge in [0.05, 0.1) is 11.0 Å². The molecule has 0 aliphatic heterocycles. The van der Waals surface area contributed by atoms with Crippen molar-refractivity contribution in [2.45, 2.75) is 57.5 Å². The second-order valence-corrected chi connectivity index (χ2v) is 9.11. The molecule has 0 heterocycles. The minimum absolute atomic E-state index is 0.0812. The number of hydrogen-bond donors (Lipinski definition) is 3. The summed E-state index contributed by atoms with van der Waals surface area (Å²) < 4.78 is 27.2. The van der Waals surface area contributed by atoms with Gasteiger partial charge in [0.25, 0.3) is 10.0 Å². The quantitative estimate of drug-likeness (QED) is 0.661. The summed E-state index contributed by atoms with van der Waals surface area (Å²) in [7, 11) is -4.07. The summed E-state index contributed by atoms with van der Waals surface area (Å²) in [6, 6.07) is 10.8. The first-order chi connectivity index (χ1) is 13.0. The Balaban J connectivity index is 2.30. The summed E-state index contributed by atoms with van der Waals surface area (Å²) in [5.41, 5.74) is 2.97. The molecule has 2 aromatic carbocycles. The maximum atomic E-state index is 12.6. The molecule has 1 unspecified atom stereocenters. The zero-order valence-corrected chi connectivity index (χ0v) is 17.7. The number of anilines is 1. The molecule has 0 radical (unpaired) electrons. The third-order valence-electron chi connectivity index (χ3n) is 4.49. The van der Waals surface area contributed by atoms with E-state index in [0.717, 1.165) is 11.1 Å². The van der Waals surface area contributed by atoms with Crippen LogP contribution in [0.3, 0.4) is 0 Å². The fourth-order valence-corrected chi connectivity index (χ4v) is 3.92. The average Bonchev–Trinajstić information content (AvgIpc) is 2.61. The van der Waals surface area contributed by atoms with Gasteiger partial charge >= 0.3 is 6.03 Å². The molecular weight excluding hydrogens is 376 g/mol. The van der Waals surface area contributed by atoms with E-state index in [4.69, 9.17) is 0 Å². The van der Waals surface area contributed by atoms with Crippen LogP contribution in [0.1, 0.15) is 69.2 Å². The highest BCUT2D eigenvalue weighted by atomic mass is 32.2. The Morgan fingerprint density at radius 3 is 1.96 bits per heavy atom. The zero-order valence-electron chi connectivity index (χ0n) is 16.9. The normalized spacial score (nSPS) is 12.9. The largest absolute Gasteiger partial charge is 0.389 e. The molecule has 6 nitrogen and oxygen atoms in total. The molecule has 2 rings (SSSR count). The number of urea groups is 1. The average molecular weight is 405 g/mol. The van der Waals surface area contributed by atoms with Gasteiger partial charge in [-0.1, -0.05) is 58.0 Å². The number of carbonyl (C=O) groups is 1. The van der Waals surface area contributed by atoms with E-state index in [2.05, 4.69) is 10.0 Å². The predicted octanol–water partition coefficient (Wildman–Crippen LogP) is 4.50. The first kappa shape index (κ1) is 21.9. The monoisotopic (exact) mass is 404 g/mol. The van der Waals surface area contributed by atoms with Crippen molar-refractivity contribution in [3.63, 3.8) is 0 Å². The smallest absolute Gasteiger partial charge is 0.333 e.